The van der Waals surface area contributed by atoms with Gasteiger partial charge in [0.2, 0.25) is 0 Å². The number of benzene rings is 6. The van der Waals surface area contributed by atoms with Crippen LogP contribution in [0, 0.1) is 0 Å². The van der Waals surface area contributed by atoms with Crippen molar-refractivity contribution in [3.8, 4) is 0 Å². The third kappa shape index (κ3) is 6.65. The van der Waals surface area contributed by atoms with E-state index in [0.29, 0.717) is 0 Å². The molecule has 0 fully saturated rings. The van der Waals surface area contributed by atoms with Crippen LogP contribution >= 0.6 is 0 Å². The molecule has 0 aliphatic heterocycles. The molecule has 4 nitrogen and oxygen atoms in total. The summed E-state index contributed by atoms with van der Waals surface area (Å²) in [6.07, 6.45) is 7.02. The van der Waals surface area contributed by atoms with Crippen molar-refractivity contribution in [1.29, 1.82) is 0 Å². The molecule has 0 aliphatic carbocycles. The molecule has 0 saturated heterocycles. The Morgan fingerprint density at radius 1 is 0.318 bits per heavy atom. The second-order valence-electron chi connectivity index (χ2n) is 8.72. The SMILES string of the molecule is CC.CC.CC.CC.c1ccc2c(c1)c1ccccc1c1nccnc21.c1ccc2c(c1)c1ccccc1c1ncncc21. The summed E-state index contributed by atoms with van der Waals surface area (Å²) in [4.78, 5) is 17.6. The van der Waals surface area contributed by atoms with Crippen molar-refractivity contribution in [1.82, 2.24) is 19.9 Å². The van der Waals surface area contributed by atoms with Gasteiger partial charge in [0.15, 0.2) is 0 Å². The van der Waals surface area contributed by atoms with Gasteiger partial charge in [0, 0.05) is 40.1 Å². The van der Waals surface area contributed by atoms with Gasteiger partial charge in [-0.25, -0.2) is 9.97 Å². The van der Waals surface area contributed by atoms with Crippen LogP contribution in [-0.4, -0.2) is 19.9 Å². The maximum absolute atomic E-state index is 4.50. The fraction of sp³-hybridized carbons (Fsp3) is 0.200. The van der Waals surface area contributed by atoms with Crippen LogP contribution in [0.1, 0.15) is 55.4 Å². The standard InChI is InChI=1S/2C16H10N2.4C2H6/c1-3-7-13-11(5-1)12-6-2-4-8-14(12)16-15(13)17-9-10-18-16;1-2-7-13-11(5-1)12-6-3-4-8-14(12)16-15(13)9-17-10-18-16;4*1-2/h2*1-10H;4*1-2H3. The first kappa shape index (κ1) is 33.5. The summed E-state index contributed by atoms with van der Waals surface area (Å²) in [7, 11) is 0. The van der Waals surface area contributed by atoms with E-state index in [-0.39, 0.29) is 0 Å². The molecule has 0 spiro atoms. The molecule has 8 aromatic rings. The lowest BCUT2D eigenvalue weighted by molar-refractivity contribution is 1.23. The molecule has 44 heavy (non-hydrogen) atoms. The minimum Gasteiger partial charge on any atom is -0.252 e. The summed E-state index contributed by atoms with van der Waals surface area (Å²) in [6, 6.07) is 33.6. The Labute approximate surface area is 261 Å². The molecule has 2 aromatic heterocycles. The van der Waals surface area contributed by atoms with Crippen LogP contribution < -0.4 is 0 Å². The lowest BCUT2D eigenvalue weighted by atomic mass is 9.98. The molecule has 6 aromatic carbocycles. The molecule has 0 radical (unpaired) electrons. The van der Waals surface area contributed by atoms with E-state index in [9.17, 15) is 0 Å². The minimum atomic E-state index is 0.979. The lowest BCUT2D eigenvalue weighted by Crippen LogP contribution is -1.87. The number of hydrogen-bond acceptors (Lipinski definition) is 4. The van der Waals surface area contributed by atoms with Crippen LogP contribution in [0.2, 0.25) is 0 Å². The van der Waals surface area contributed by atoms with Crippen molar-refractivity contribution in [2.45, 2.75) is 55.4 Å². The average molecular weight is 581 g/mol. The quantitative estimate of drug-likeness (QED) is 0.167. The molecule has 8 rings (SSSR count). The first-order valence-electron chi connectivity index (χ1n) is 15.9. The van der Waals surface area contributed by atoms with Crippen molar-refractivity contribution in [2.24, 2.45) is 0 Å². The third-order valence-electron chi connectivity index (χ3n) is 6.75. The summed E-state index contributed by atoms with van der Waals surface area (Å²) in [5.41, 5.74) is 2.98. The molecule has 0 atom stereocenters. The van der Waals surface area contributed by atoms with Crippen LogP contribution in [-0.2, 0) is 0 Å². The number of aromatic nitrogens is 4. The number of hydrogen-bond donors (Lipinski definition) is 0. The number of nitrogens with zero attached hydrogens (tertiary/aromatic N) is 4. The third-order valence-corrected chi connectivity index (χ3v) is 6.75. The molecule has 0 amide bonds. The Balaban J connectivity index is 0.000000197. The lowest BCUT2D eigenvalue weighted by Gasteiger charge is -2.08. The minimum absolute atomic E-state index is 0.979. The summed E-state index contributed by atoms with van der Waals surface area (Å²) in [5, 5.41) is 10.8. The van der Waals surface area contributed by atoms with Crippen LogP contribution in [0.5, 0.6) is 0 Å². The molecule has 4 heteroatoms. The second kappa shape index (κ2) is 17.2. The zero-order valence-corrected chi connectivity index (χ0v) is 27.3. The molecular weight excluding hydrogens is 536 g/mol. The summed E-state index contributed by atoms with van der Waals surface area (Å²) < 4.78 is 0. The Morgan fingerprint density at radius 3 is 1.00 bits per heavy atom. The normalized spacial score (nSPS) is 9.82. The molecule has 0 saturated carbocycles. The molecule has 0 unspecified atom stereocenters. The number of fused-ring (bicyclic) bond motifs is 12. The largest absolute Gasteiger partial charge is 0.252 e. The van der Waals surface area contributed by atoms with E-state index in [1.54, 1.807) is 18.7 Å². The van der Waals surface area contributed by atoms with Crippen molar-refractivity contribution in [3.05, 3.63) is 122 Å². The second-order valence-corrected chi connectivity index (χ2v) is 8.72. The van der Waals surface area contributed by atoms with Gasteiger partial charge in [-0.2, -0.15) is 0 Å². The highest BCUT2D eigenvalue weighted by atomic mass is 14.8. The predicted molar refractivity (Wildman–Crippen MR) is 194 cm³/mol. The van der Waals surface area contributed by atoms with E-state index in [4.69, 9.17) is 0 Å². The van der Waals surface area contributed by atoms with Gasteiger partial charge >= 0.3 is 0 Å². The highest BCUT2D eigenvalue weighted by molar-refractivity contribution is 6.24. The van der Waals surface area contributed by atoms with Gasteiger partial charge in [-0.3, -0.25) is 9.97 Å². The number of rotatable bonds is 0. The zero-order chi connectivity index (χ0) is 31.9. The predicted octanol–water partition coefficient (Wildman–Crippen LogP) is 12.0. The molecule has 0 N–H and O–H groups in total. The molecular formula is C40H44N4. The van der Waals surface area contributed by atoms with Crippen molar-refractivity contribution in [3.63, 3.8) is 0 Å². The van der Waals surface area contributed by atoms with Gasteiger partial charge in [0.05, 0.1) is 16.6 Å². The van der Waals surface area contributed by atoms with Gasteiger partial charge in [-0.1, -0.05) is 152 Å². The van der Waals surface area contributed by atoms with E-state index >= 15 is 0 Å². The summed E-state index contributed by atoms with van der Waals surface area (Å²) >= 11 is 0. The van der Waals surface area contributed by atoms with Crippen LogP contribution in [0.4, 0.5) is 0 Å². The van der Waals surface area contributed by atoms with Gasteiger partial charge in [-0.15, -0.1) is 0 Å². The maximum atomic E-state index is 4.50. The van der Waals surface area contributed by atoms with E-state index in [1.165, 1.54) is 43.1 Å². The zero-order valence-electron chi connectivity index (χ0n) is 27.3. The van der Waals surface area contributed by atoms with Gasteiger partial charge in [0.1, 0.15) is 6.33 Å². The highest BCUT2D eigenvalue weighted by Gasteiger charge is 2.09. The summed E-state index contributed by atoms with van der Waals surface area (Å²) in [6.45, 7) is 16.0. The first-order chi connectivity index (χ1) is 21.9. The van der Waals surface area contributed by atoms with Crippen LogP contribution in [0.15, 0.2) is 122 Å². The van der Waals surface area contributed by atoms with Gasteiger partial charge in [-0.05, 0) is 26.9 Å². The molecule has 0 bridgehead atoms. The van der Waals surface area contributed by atoms with Gasteiger partial charge in [0.25, 0.3) is 0 Å². The maximum Gasteiger partial charge on any atom is 0.116 e. The fourth-order valence-electron chi connectivity index (χ4n) is 5.20. The van der Waals surface area contributed by atoms with Crippen LogP contribution in [0.3, 0.4) is 0 Å². The average Bonchev–Trinajstić information content (AvgIpc) is 3.15. The topological polar surface area (TPSA) is 51.6 Å². The summed E-state index contributed by atoms with van der Waals surface area (Å²) in [5.74, 6) is 0. The Hall–Kier alpha value is -4.96. The first-order valence-corrected chi connectivity index (χ1v) is 15.9. The van der Waals surface area contributed by atoms with E-state index < -0.39 is 0 Å². The Bertz CT molecular complexity index is 1470. The van der Waals surface area contributed by atoms with E-state index in [0.717, 1.165) is 21.9 Å². The monoisotopic (exact) mass is 580 g/mol. The Morgan fingerprint density at radius 2 is 0.614 bits per heavy atom. The van der Waals surface area contributed by atoms with E-state index in [2.05, 4.69) is 105 Å². The Kier molecular flexibility index (Phi) is 13.1. The van der Waals surface area contributed by atoms with E-state index in [1.807, 2.05) is 73.7 Å². The molecule has 224 valence electrons. The van der Waals surface area contributed by atoms with Crippen molar-refractivity contribution in [2.75, 3.05) is 0 Å². The van der Waals surface area contributed by atoms with Crippen LogP contribution in [0.25, 0.3) is 65.0 Å². The smallest absolute Gasteiger partial charge is 0.116 e. The van der Waals surface area contributed by atoms with Crippen molar-refractivity contribution < 1.29 is 0 Å². The molecule has 0 aliphatic rings. The van der Waals surface area contributed by atoms with Gasteiger partial charge < -0.3 is 0 Å². The molecule has 2 heterocycles. The highest BCUT2D eigenvalue weighted by Crippen LogP contribution is 2.33. The van der Waals surface area contributed by atoms with Crippen molar-refractivity contribution >= 4 is 65.0 Å². The fourth-order valence-corrected chi connectivity index (χ4v) is 5.20.